The fourth-order valence-electron chi connectivity index (χ4n) is 3.30. The lowest BCUT2D eigenvalue weighted by atomic mass is 10.0. The van der Waals surface area contributed by atoms with Crippen LogP contribution >= 0.6 is 11.3 Å². The molecule has 0 saturated carbocycles. The number of carbonyl (C=O) groups is 1. The van der Waals surface area contributed by atoms with Crippen molar-refractivity contribution in [1.82, 2.24) is 14.9 Å². The van der Waals surface area contributed by atoms with Gasteiger partial charge in [0.25, 0.3) is 0 Å². The molecule has 0 radical (unpaired) electrons. The molecule has 1 aliphatic rings. The maximum atomic E-state index is 11.3. The summed E-state index contributed by atoms with van der Waals surface area (Å²) < 4.78 is 6.40. The highest BCUT2D eigenvalue weighted by Gasteiger charge is 2.22. The molecule has 0 bridgehead atoms. The van der Waals surface area contributed by atoms with Crippen molar-refractivity contribution in [3.63, 3.8) is 0 Å². The van der Waals surface area contributed by atoms with E-state index in [4.69, 9.17) is 15.5 Å². The molecule has 140 valence electrons. The maximum Gasteiger partial charge on any atom is 0.314 e. The van der Waals surface area contributed by atoms with Crippen molar-refractivity contribution in [3.8, 4) is 16.3 Å². The van der Waals surface area contributed by atoms with E-state index < -0.39 is 0 Å². The number of nitrogens with zero attached hydrogens (tertiary/aromatic N) is 3. The van der Waals surface area contributed by atoms with Crippen LogP contribution in [0.4, 0.5) is 10.5 Å². The lowest BCUT2D eigenvalue weighted by Gasteiger charge is -2.32. The van der Waals surface area contributed by atoms with E-state index in [2.05, 4.69) is 10.3 Å². The van der Waals surface area contributed by atoms with Gasteiger partial charge in [-0.05, 0) is 31.0 Å². The van der Waals surface area contributed by atoms with Crippen LogP contribution in [-0.2, 0) is 0 Å². The molecule has 1 fully saturated rings. The van der Waals surface area contributed by atoms with Crippen LogP contribution in [-0.4, -0.2) is 47.1 Å². The van der Waals surface area contributed by atoms with E-state index in [1.165, 1.54) is 0 Å². The molecule has 0 aliphatic carbocycles. The first-order chi connectivity index (χ1) is 13.1. The van der Waals surface area contributed by atoms with Crippen molar-refractivity contribution in [2.45, 2.75) is 18.9 Å². The Morgan fingerprint density at radius 3 is 2.89 bits per heavy atom. The largest absolute Gasteiger partial charge is 0.497 e. The molecule has 2 aromatic heterocycles. The molecule has 2 amide bonds. The van der Waals surface area contributed by atoms with Gasteiger partial charge in [-0.2, -0.15) is 0 Å². The van der Waals surface area contributed by atoms with Crippen LogP contribution in [0.3, 0.4) is 0 Å². The number of pyridine rings is 1. The highest BCUT2D eigenvalue weighted by molar-refractivity contribution is 7.21. The summed E-state index contributed by atoms with van der Waals surface area (Å²) in [6, 6.07) is 7.83. The molecule has 1 aliphatic heterocycles. The van der Waals surface area contributed by atoms with Gasteiger partial charge in [-0.25, -0.2) is 9.78 Å². The highest BCUT2D eigenvalue weighted by atomic mass is 32.1. The van der Waals surface area contributed by atoms with E-state index >= 15 is 0 Å². The number of hydrogen-bond acceptors (Lipinski definition) is 6. The van der Waals surface area contributed by atoms with Crippen LogP contribution in [0.25, 0.3) is 20.8 Å². The second-order valence-corrected chi connectivity index (χ2v) is 7.55. The van der Waals surface area contributed by atoms with Crippen molar-refractivity contribution < 1.29 is 9.53 Å². The lowest BCUT2D eigenvalue weighted by Crippen LogP contribution is -2.44. The maximum absolute atomic E-state index is 11.3. The third-order valence-electron chi connectivity index (χ3n) is 4.81. The zero-order valence-electron chi connectivity index (χ0n) is 15.0. The number of primary amides is 1. The van der Waals surface area contributed by atoms with Crippen LogP contribution in [0.2, 0.25) is 0 Å². The number of carbonyl (C=O) groups excluding carboxylic acids is 1. The van der Waals surface area contributed by atoms with E-state index in [1.807, 2.05) is 30.5 Å². The molecule has 1 aromatic carbocycles. The zero-order chi connectivity index (χ0) is 18.8. The SMILES string of the molecule is COc1ccc2sc(-c3cnccc3NC3CCN(C(N)=O)CC3)nc2c1. The van der Waals surface area contributed by atoms with Gasteiger partial charge in [-0.15, -0.1) is 11.3 Å². The van der Waals surface area contributed by atoms with Crippen molar-refractivity contribution in [3.05, 3.63) is 36.7 Å². The Bertz CT molecular complexity index is 966. The summed E-state index contributed by atoms with van der Waals surface area (Å²) in [5, 5.41) is 4.52. The number of piperidine rings is 1. The molecule has 27 heavy (non-hydrogen) atoms. The summed E-state index contributed by atoms with van der Waals surface area (Å²) in [6.45, 7) is 1.35. The molecule has 4 rings (SSSR count). The van der Waals surface area contributed by atoms with Gasteiger partial charge in [-0.3, -0.25) is 4.98 Å². The quantitative estimate of drug-likeness (QED) is 0.721. The summed E-state index contributed by atoms with van der Waals surface area (Å²) >= 11 is 1.63. The minimum atomic E-state index is -0.344. The van der Waals surface area contributed by atoms with Gasteiger partial charge < -0.3 is 20.7 Å². The number of thiazole rings is 1. The van der Waals surface area contributed by atoms with Gasteiger partial charge in [0.2, 0.25) is 0 Å². The van der Waals surface area contributed by atoms with E-state index in [1.54, 1.807) is 29.5 Å². The van der Waals surface area contributed by atoms with Gasteiger partial charge in [0.1, 0.15) is 10.8 Å². The molecular formula is C19H21N5O2S. The summed E-state index contributed by atoms with van der Waals surface area (Å²) in [4.78, 5) is 22.0. The van der Waals surface area contributed by atoms with Crippen LogP contribution in [0.15, 0.2) is 36.7 Å². The molecule has 0 spiro atoms. The minimum absolute atomic E-state index is 0.288. The smallest absolute Gasteiger partial charge is 0.314 e. The molecule has 3 N–H and O–H groups in total. The normalized spacial score (nSPS) is 15.1. The molecular weight excluding hydrogens is 362 g/mol. The van der Waals surface area contributed by atoms with E-state index in [0.29, 0.717) is 13.1 Å². The lowest BCUT2D eigenvalue weighted by molar-refractivity contribution is 0.193. The second kappa shape index (κ2) is 7.40. The number of nitrogens with one attached hydrogen (secondary N) is 1. The van der Waals surface area contributed by atoms with Crippen molar-refractivity contribution >= 4 is 33.3 Å². The first kappa shape index (κ1) is 17.5. The Kier molecular flexibility index (Phi) is 4.81. The number of rotatable bonds is 4. The highest BCUT2D eigenvalue weighted by Crippen LogP contribution is 2.35. The number of urea groups is 1. The fourth-order valence-corrected chi connectivity index (χ4v) is 4.27. The topological polar surface area (TPSA) is 93.4 Å². The number of likely N-dealkylation sites (tertiary alicyclic amines) is 1. The molecule has 1 saturated heterocycles. The number of ether oxygens (including phenoxy) is 1. The fraction of sp³-hybridized carbons (Fsp3) is 0.316. The van der Waals surface area contributed by atoms with Gasteiger partial charge in [0.15, 0.2) is 0 Å². The van der Waals surface area contributed by atoms with Gasteiger partial charge in [0.05, 0.1) is 22.9 Å². The predicted molar refractivity (Wildman–Crippen MR) is 107 cm³/mol. The Morgan fingerprint density at radius 2 is 2.15 bits per heavy atom. The Morgan fingerprint density at radius 1 is 1.33 bits per heavy atom. The first-order valence-corrected chi connectivity index (χ1v) is 9.65. The van der Waals surface area contributed by atoms with E-state index in [-0.39, 0.29) is 12.1 Å². The minimum Gasteiger partial charge on any atom is -0.497 e. The summed E-state index contributed by atoms with van der Waals surface area (Å²) in [6.07, 6.45) is 5.35. The molecule has 8 heteroatoms. The zero-order valence-corrected chi connectivity index (χ0v) is 15.8. The predicted octanol–water partition coefficient (Wildman–Crippen LogP) is 3.32. The van der Waals surface area contributed by atoms with Gasteiger partial charge >= 0.3 is 6.03 Å². The summed E-state index contributed by atoms with van der Waals surface area (Å²) in [5.41, 5.74) is 8.27. The number of hydrogen-bond donors (Lipinski definition) is 2. The Balaban J connectivity index is 1.57. The van der Waals surface area contributed by atoms with Crippen LogP contribution in [0.5, 0.6) is 5.75 Å². The number of anilines is 1. The average Bonchev–Trinajstić information content (AvgIpc) is 3.11. The van der Waals surface area contributed by atoms with E-state index in [0.717, 1.165) is 45.1 Å². The van der Waals surface area contributed by atoms with Crippen molar-refractivity contribution in [2.75, 3.05) is 25.5 Å². The third-order valence-corrected chi connectivity index (χ3v) is 5.88. The van der Waals surface area contributed by atoms with Gasteiger partial charge in [0, 0.05) is 43.3 Å². The Hall–Kier alpha value is -2.87. The third kappa shape index (κ3) is 3.66. The average molecular weight is 383 g/mol. The number of benzene rings is 1. The van der Waals surface area contributed by atoms with Crippen LogP contribution < -0.4 is 15.8 Å². The van der Waals surface area contributed by atoms with Crippen LogP contribution in [0, 0.1) is 0 Å². The summed E-state index contributed by atoms with van der Waals surface area (Å²) in [5.74, 6) is 0.796. The monoisotopic (exact) mass is 383 g/mol. The van der Waals surface area contributed by atoms with E-state index in [9.17, 15) is 4.79 Å². The number of fused-ring (bicyclic) bond motifs is 1. The van der Waals surface area contributed by atoms with Crippen molar-refractivity contribution in [1.29, 1.82) is 0 Å². The van der Waals surface area contributed by atoms with Gasteiger partial charge in [-0.1, -0.05) is 0 Å². The standard InChI is InChI=1S/C19H21N5O2S/c1-26-13-2-3-17-16(10-13)23-18(27-17)14-11-21-7-4-15(14)22-12-5-8-24(9-6-12)19(20)25/h2-4,7,10-12H,5-6,8-9H2,1H3,(H2,20,25)(H,21,22). The molecule has 7 nitrogen and oxygen atoms in total. The number of methoxy groups -OCH3 is 1. The summed E-state index contributed by atoms with van der Waals surface area (Å²) in [7, 11) is 1.65. The van der Waals surface area contributed by atoms with Crippen molar-refractivity contribution in [2.24, 2.45) is 5.73 Å². The Labute approximate surface area is 161 Å². The molecule has 0 unspecified atom stereocenters. The van der Waals surface area contributed by atoms with Crippen LogP contribution in [0.1, 0.15) is 12.8 Å². The molecule has 3 aromatic rings. The number of nitrogens with two attached hydrogens (primary N) is 1. The number of aromatic nitrogens is 2. The molecule has 3 heterocycles. The molecule has 0 atom stereocenters. The number of amides is 2. The second-order valence-electron chi connectivity index (χ2n) is 6.52. The first-order valence-electron chi connectivity index (χ1n) is 8.84.